The predicted molar refractivity (Wildman–Crippen MR) is 48.9 cm³/mol. The van der Waals surface area contributed by atoms with Gasteiger partial charge in [0.2, 0.25) is 0 Å². The zero-order valence-corrected chi connectivity index (χ0v) is 7.75. The molecule has 0 radical (unpaired) electrons. The van der Waals surface area contributed by atoms with E-state index in [1.165, 1.54) is 12.8 Å². The number of rotatable bonds is 3. The molecular formula is C9H18N2O. The van der Waals surface area contributed by atoms with Crippen LogP contribution >= 0.6 is 0 Å². The fourth-order valence-electron chi connectivity index (χ4n) is 1.80. The van der Waals surface area contributed by atoms with Crippen LogP contribution in [0.4, 0.5) is 0 Å². The van der Waals surface area contributed by atoms with Crippen molar-refractivity contribution in [3.05, 3.63) is 0 Å². The zero-order chi connectivity index (χ0) is 8.97. The maximum Gasteiger partial charge on any atom is 0.143 e. The highest BCUT2D eigenvalue weighted by Crippen LogP contribution is 2.14. The molecule has 0 aromatic carbocycles. The lowest BCUT2D eigenvalue weighted by Crippen LogP contribution is -2.40. The van der Waals surface area contributed by atoms with Crippen molar-refractivity contribution in [1.82, 2.24) is 4.90 Å². The van der Waals surface area contributed by atoms with Gasteiger partial charge < -0.3 is 5.73 Å². The van der Waals surface area contributed by atoms with Crippen LogP contribution in [0, 0.1) is 5.92 Å². The Morgan fingerprint density at radius 2 is 2.42 bits per heavy atom. The summed E-state index contributed by atoms with van der Waals surface area (Å²) in [4.78, 5) is 13.0. The molecule has 1 aliphatic heterocycles. The van der Waals surface area contributed by atoms with Crippen molar-refractivity contribution >= 4 is 5.78 Å². The molecule has 1 saturated heterocycles. The van der Waals surface area contributed by atoms with E-state index in [0.717, 1.165) is 19.6 Å². The molecule has 1 aliphatic rings. The van der Waals surface area contributed by atoms with Gasteiger partial charge in [0.05, 0.1) is 6.54 Å². The summed E-state index contributed by atoms with van der Waals surface area (Å²) in [5.74, 6) is 0.866. The molecule has 70 valence electrons. The molecule has 0 aromatic rings. The maximum atomic E-state index is 10.8. The largest absolute Gasteiger partial charge is 0.330 e. The van der Waals surface area contributed by atoms with Gasteiger partial charge >= 0.3 is 0 Å². The van der Waals surface area contributed by atoms with Crippen LogP contribution in [0.5, 0.6) is 0 Å². The number of likely N-dealkylation sites (tertiary alicyclic amines) is 1. The summed E-state index contributed by atoms with van der Waals surface area (Å²) < 4.78 is 0. The predicted octanol–water partition coefficient (Wildman–Crippen LogP) is 0.246. The van der Waals surface area contributed by atoms with Crippen molar-refractivity contribution in [3.8, 4) is 0 Å². The summed E-state index contributed by atoms with van der Waals surface area (Å²) >= 11 is 0. The van der Waals surface area contributed by atoms with Crippen LogP contribution in [-0.2, 0) is 4.79 Å². The first-order chi connectivity index (χ1) is 5.72. The van der Waals surface area contributed by atoms with E-state index in [9.17, 15) is 4.79 Å². The summed E-state index contributed by atoms with van der Waals surface area (Å²) in [6.45, 7) is 5.09. The SMILES string of the molecule is CC(=O)CN1CCC[C@H](CN)C1. The monoisotopic (exact) mass is 170 g/mol. The van der Waals surface area contributed by atoms with E-state index in [1.54, 1.807) is 6.92 Å². The van der Waals surface area contributed by atoms with Crippen molar-refractivity contribution in [2.24, 2.45) is 11.7 Å². The third-order valence-electron chi connectivity index (χ3n) is 2.38. The molecule has 2 N–H and O–H groups in total. The first kappa shape index (κ1) is 9.68. The summed E-state index contributed by atoms with van der Waals surface area (Å²) in [5, 5.41) is 0. The second kappa shape index (κ2) is 4.58. The summed E-state index contributed by atoms with van der Waals surface area (Å²) in [6.07, 6.45) is 2.42. The Morgan fingerprint density at radius 3 is 3.00 bits per heavy atom. The quantitative estimate of drug-likeness (QED) is 0.660. The molecule has 0 saturated carbocycles. The number of ketones is 1. The highest BCUT2D eigenvalue weighted by Gasteiger charge is 2.18. The number of piperidine rings is 1. The first-order valence-corrected chi connectivity index (χ1v) is 4.64. The average molecular weight is 170 g/mol. The maximum absolute atomic E-state index is 10.8. The Morgan fingerprint density at radius 1 is 1.67 bits per heavy atom. The number of hydrogen-bond donors (Lipinski definition) is 1. The Kier molecular flexibility index (Phi) is 3.69. The molecule has 3 nitrogen and oxygen atoms in total. The third-order valence-corrected chi connectivity index (χ3v) is 2.38. The third kappa shape index (κ3) is 2.91. The fraction of sp³-hybridized carbons (Fsp3) is 0.889. The van der Waals surface area contributed by atoms with E-state index in [4.69, 9.17) is 5.73 Å². The minimum absolute atomic E-state index is 0.257. The van der Waals surface area contributed by atoms with Crippen molar-refractivity contribution in [2.75, 3.05) is 26.2 Å². The van der Waals surface area contributed by atoms with Gasteiger partial charge in [-0.05, 0) is 38.8 Å². The van der Waals surface area contributed by atoms with Crippen molar-refractivity contribution in [1.29, 1.82) is 0 Å². The number of nitrogens with zero attached hydrogens (tertiary/aromatic N) is 1. The van der Waals surface area contributed by atoms with Gasteiger partial charge in [-0.3, -0.25) is 9.69 Å². The smallest absolute Gasteiger partial charge is 0.143 e. The van der Waals surface area contributed by atoms with E-state index >= 15 is 0 Å². The lowest BCUT2D eigenvalue weighted by molar-refractivity contribution is -0.118. The van der Waals surface area contributed by atoms with Gasteiger partial charge in [0, 0.05) is 6.54 Å². The number of carbonyl (C=O) groups is 1. The Hall–Kier alpha value is -0.410. The number of Topliss-reactive ketones (excluding diaryl/α,β-unsaturated/α-hetero) is 1. The molecule has 1 atom stereocenters. The van der Waals surface area contributed by atoms with Crippen LogP contribution in [0.25, 0.3) is 0 Å². The standard InChI is InChI=1S/C9H18N2O/c1-8(12)6-11-4-2-3-9(5-10)7-11/h9H,2-7,10H2,1H3/t9-/m1/s1. The van der Waals surface area contributed by atoms with Crippen LogP contribution < -0.4 is 5.73 Å². The van der Waals surface area contributed by atoms with E-state index < -0.39 is 0 Å². The van der Waals surface area contributed by atoms with E-state index in [0.29, 0.717) is 12.5 Å². The molecule has 1 fully saturated rings. The fourth-order valence-corrected chi connectivity index (χ4v) is 1.80. The summed E-state index contributed by atoms with van der Waals surface area (Å²) in [7, 11) is 0. The molecule has 1 rings (SSSR count). The normalized spacial score (nSPS) is 25.7. The van der Waals surface area contributed by atoms with E-state index in [1.807, 2.05) is 0 Å². The molecule has 3 heteroatoms. The van der Waals surface area contributed by atoms with Crippen LogP contribution in [0.3, 0.4) is 0 Å². The van der Waals surface area contributed by atoms with Gasteiger partial charge in [-0.15, -0.1) is 0 Å². The molecule has 0 unspecified atom stereocenters. The highest BCUT2D eigenvalue weighted by molar-refractivity contribution is 5.77. The number of carbonyl (C=O) groups excluding carboxylic acids is 1. The molecule has 1 heterocycles. The molecule has 0 spiro atoms. The summed E-state index contributed by atoms with van der Waals surface area (Å²) in [5.41, 5.74) is 5.58. The topological polar surface area (TPSA) is 46.3 Å². The van der Waals surface area contributed by atoms with Gasteiger partial charge in [0.15, 0.2) is 0 Å². The highest BCUT2D eigenvalue weighted by atomic mass is 16.1. The molecule has 12 heavy (non-hydrogen) atoms. The van der Waals surface area contributed by atoms with Gasteiger partial charge in [0.1, 0.15) is 5.78 Å². The van der Waals surface area contributed by atoms with Crippen LogP contribution in [0.2, 0.25) is 0 Å². The molecular weight excluding hydrogens is 152 g/mol. The first-order valence-electron chi connectivity index (χ1n) is 4.64. The van der Waals surface area contributed by atoms with Crippen LogP contribution in [0.15, 0.2) is 0 Å². The average Bonchev–Trinajstić information content (AvgIpc) is 2.03. The summed E-state index contributed by atoms with van der Waals surface area (Å²) in [6, 6.07) is 0. The Bertz CT molecular complexity index is 159. The number of hydrogen-bond acceptors (Lipinski definition) is 3. The second-order valence-electron chi connectivity index (χ2n) is 3.68. The van der Waals surface area contributed by atoms with E-state index in [2.05, 4.69) is 4.90 Å². The molecule has 0 aromatic heterocycles. The van der Waals surface area contributed by atoms with E-state index in [-0.39, 0.29) is 5.78 Å². The molecule has 0 bridgehead atoms. The second-order valence-corrected chi connectivity index (χ2v) is 3.68. The zero-order valence-electron chi connectivity index (χ0n) is 7.75. The van der Waals surface area contributed by atoms with Gasteiger partial charge in [0.25, 0.3) is 0 Å². The Labute approximate surface area is 73.9 Å². The van der Waals surface area contributed by atoms with Gasteiger partial charge in [-0.1, -0.05) is 0 Å². The Balaban J connectivity index is 2.30. The van der Waals surface area contributed by atoms with Crippen molar-refractivity contribution in [3.63, 3.8) is 0 Å². The van der Waals surface area contributed by atoms with Crippen LogP contribution in [0.1, 0.15) is 19.8 Å². The minimum Gasteiger partial charge on any atom is -0.330 e. The molecule has 0 aliphatic carbocycles. The number of nitrogens with two attached hydrogens (primary N) is 1. The minimum atomic E-state index is 0.257. The van der Waals surface area contributed by atoms with Crippen molar-refractivity contribution < 1.29 is 4.79 Å². The van der Waals surface area contributed by atoms with Crippen molar-refractivity contribution in [2.45, 2.75) is 19.8 Å². The van der Waals surface area contributed by atoms with Crippen LogP contribution in [-0.4, -0.2) is 36.9 Å². The lowest BCUT2D eigenvalue weighted by Gasteiger charge is -2.31. The van der Waals surface area contributed by atoms with Gasteiger partial charge in [-0.25, -0.2) is 0 Å². The molecule has 0 amide bonds. The lowest BCUT2D eigenvalue weighted by atomic mass is 9.98. The van der Waals surface area contributed by atoms with Gasteiger partial charge in [-0.2, -0.15) is 0 Å².